The maximum atomic E-state index is 12.4. The Bertz CT molecular complexity index is 805. The van der Waals surface area contributed by atoms with E-state index in [4.69, 9.17) is 0 Å². The van der Waals surface area contributed by atoms with Crippen molar-refractivity contribution in [3.63, 3.8) is 0 Å². The molecule has 110 valence electrons. The van der Waals surface area contributed by atoms with E-state index in [0.717, 1.165) is 32.1 Å². The topological polar surface area (TPSA) is 29.1 Å². The summed E-state index contributed by atoms with van der Waals surface area (Å²) < 4.78 is 0. The van der Waals surface area contributed by atoms with Crippen LogP contribution in [-0.2, 0) is 0 Å². The van der Waals surface area contributed by atoms with Gasteiger partial charge < -0.3 is 5.32 Å². The number of aryl methyl sites for hydroxylation is 2. The van der Waals surface area contributed by atoms with Gasteiger partial charge in [0.2, 0.25) is 0 Å². The summed E-state index contributed by atoms with van der Waals surface area (Å²) in [6.45, 7) is 4.02. The molecule has 0 spiro atoms. The first-order valence-electron chi connectivity index (χ1n) is 7.17. The van der Waals surface area contributed by atoms with E-state index in [1.807, 2.05) is 62.4 Å². The Kier molecular flexibility index (Phi) is 4.07. The number of hydrogen-bond donors (Lipinski definition) is 1. The van der Waals surface area contributed by atoms with Gasteiger partial charge in [0.25, 0.3) is 5.91 Å². The van der Waals surface area contributed by atoms with Gasteiger partial charge in [0.15, 0.2) is 0 Å². The van der Waals surface area contributed by atoms with E-state index in [1.165, 1.54) is 11.3 Å². The van der Waals surface area contributed by atoms with Gasteiger partial charge in [0.05, 0.1) is 4.88 Å². The molecule has 0 saturated carbocycles. The van der Waals surface area contributed by atoms with Gasteiger partial charge in [-0.05, 0) is 48.7 Å². The van der Waals surface area contributed by atoms with Crippen LogP contribution in [0, 0.1) is 13.8 Å². The molecule has 2 aromatic carbocycles. The van der Waals surface area contributed by atoms with Crippen LogP contribution in [0.25, 0.3) is 10.4 Å². The molecule has 0 aliphatic carbocycles. The quantitative estimate of drug-likeness (QED) is 0.700. The first kappa shape index (κ1) is 14.5. The number of hydrogen-bond acceptors (Lipinski definition) is 2. The van der Waals surface area contributed by atoms with Crippen LogP contribution in [0.1, 0.15) is 20.8 Å². The average Bonchev–Trinajstić information content (AvgIpc) is 3.02. The van der Waals surface area contributed by atoms with Gasteiger partial charge in [-0.15, -0.1) is 11.3 Å². The number of rotatable bonds is 3. The van der Waals surface area contributed by atoms with Crippen molar-refractivity contribution in [2.24, 2.45) is 0 Å². The minimum absolute atomic E-state index is 0.0547. The zero-order valence-electron chi connectivity index (χ0n) is 12.6. The second-order valence-electron chi connectivity index (χ2n) is 5.30. The van der Waals surface area contributed by atoms with Crippen molar-refractivity contribution < 1.29 is 4.79 Å². The molecular weight excluding hydrogens is 290 g/mol. The number of carbonyl (C=O) groups is 1. The van der Waals surface area contributed by atoms with E-state index in [2.05, 4.69) is 17.4 Å². The number of amides is 1. The van der Waals surface area contributed by atoms with Crippen molar-refractivity contribution in [3.05, 3.63) is 76.7 Å². The number of benzene rings is 2. The van der Waals surface area contributed by atoms with Crippen molar-refractivity contribution in [3.8, 4) is 10.4 Å². The zero-order chi connectivity index (χ0) is 15.5. The van der Waals surface area contributed by atoms with Crippen molar-refractivity contribution in [1.29, 1.82) is 0 Å². The fraction of sp³-hybridized carbons (Fsp3) is 0.105. The Balaban J connectivity index is 1.81. The Morgan fingerprint density at radius 3 is 2.50 bits per heavy atom. The monoisotopic (exact) mass is 307 g/mol. The zero-order valence-corrected chi connectivity index (χ0v) is 13.4. The van der Waals surface area contributed by atoms with E-state index in [-0.39, 0.29) is 5.91 Å². The molecule has 2 nitrogen and oxygen atoms in total. The summed E-state index contributed by atoms with van der Waals surface area (Å²) in [7, 11) is 0. The van der Waals surface area contributed by atoms with Gasteiger partial charge in [-0.2, -0.15) is 0 Å². The molecule has 0 bridgehead atoms. The molecule has 0 fully saturated rings. The molecule has 1 amide bonds. The molecule has 0 aliphatic rings. The Morgan fingerprint density at radius 1 is 0.955 bits per heavy atom. The summed E-state index contributed by atoms with van der Waals surface area (Å²) in [5, 5.41) is 3.00. The number of thiophene rings is 1. The summed E-state index contributed by atoms with van der Waals surface area (Å²) >= 11 is 1.51. The second-order valence-corrected chi connectivity index (χ2v) is 6.39. The lowest BCUT2D eigenvalue weighted by Gasteiger charge is -2.08. The smallest absolute Gasteiger partial charge is 0.265 e. The van der Waals surface area contributed by atoms with E-state index in [9.17, 15) is 4.79 Å². The molecule has 0 saturated heterocycles. The largest absolute Gasteiger partial charge is 0.321 e. The molecule has 3 aromatic rings. The molecule has 3 rings (SSSR count). The molecule has 1 aromatic heterocycles. The molecule has 1 N–H and O–H groups in total. The third kappa shape index (κ3) is 3.10. The minimum Gasteiger partial charge on any atom is -0.321 e. The van der Waals surface area contributed by atoms with Crippen molar-refractivity contribution in [2.75, 3.05) is 5.32 Å². The molecule has 0 radical (unpaired) electrons. The highest BCUT2D eigenvalue weighted by Gasteiger charge is 2.11. The lowest BCUT2D eigenvalue weighted by molar-refractivity contribution is 0.103. The van der Waals surface area contributed by atoms with Crippen molar-refractivity contribution in [2.45, 2.75) is 13.8 Å². The minimum atomic E-state index is -0.0547. The van der Waals surface area contributed by atoms with Crippen LogP contribution >= 0.6 is 11.3 Å². The lowest BCUT2D eigenvalue weighted by Crippen LogP contribution is -2.11. The van der Waals surface area contributed by atoms with Crippen LogP contribution in [0.2, 0.25) is 0 Å². The molecule has 1 heterocycles. The Labute approximate surface area is 134 Å². The standard InChI is InChI=1S/C19H17NOS/c1-13-8-9-14(2)16(12-13)20-19(21)18-11-10-17(22-18)15-6-4-3-5-7-15/h3-12H,1-2H3,(H,20,21). The summed E-state index contributed by atoms with van der Waals surface area (Å²) in [6, 6.07) is 20.1. The highest BCUT2D eigenvalue weighted by Crippen LogP contribution is 2.28. The predicted octanol–water partition coefficient (Wildman–Crippen LogP) is 5.28. The molecule has 22 heavy (non-hydrogen) atoms. The van der Waals surface area contributed by atoms with E-state index in [1.54, 1.807) is 0 Å². The van der Waals surface area contributed by atoms with Crippen LogP contribution in [0.5, 0.6) is 0 Å². The molecule has 0 unspecified atom stereocenters. The Hall–Kier alpha value is -2.39. The van der Waals surface area contributed by atoms with Gasteiger partial charge >= 0.3 is 0 Å². The number of nitrogens with one attached hydrogen (secondary N) is 1. The van der Waals surface area contributed by atoms with Crippen LogP contribution < -0.4 is 5.32 Å². The van der Waals surface area contributed by atoms with Crippen LogP contribution in [0.15, 0.2) is 60.7 Å². The second kappa shape index (κ2) is 6.16. The van der Waals surface area contributed by atoms with E-state index >= 15 is 0 Å². The summed E-state index contributed by atoms with van der Waals surface area (Å²) in [5.74, 6) is -0.0547. The lowest BCUT2D eigenvalue weighted by atomic mass is 10.1. The third-order valence-electron chi connectivity index (χ3n) is 3.53. The fourth-order valence-corrected chi connectivity index (χ4v) is 3.18. The third-order valence-corrected chi connectivity index (χ3v) is 4.66. The maximum Gasteiger partial charge on any atom is 0.265 e. The fourth-order valence-electron chi connectivity index (χ4n) is 2.27. The highest BCUT2D eigenvalue weighted by atomic mass is 32.1. The molecular formula is C19H17NOS. The van der Waals surface area contributed by atoms with Crippen LogP contribution in [0.4, 0.5) is 5.69 Å². The first-order chi connectivity index (χ1) is 10.6. The Morgan fingerprint density at radius 2 is 1.73 bits per heavy atom. The van der Waals surface area contributed by atoms with Gasteiger partial charge in [0, 0.05) is 10.6 Å². The number of carbonyl (C=O) groups excluding carboxylic acids is 1. The first-order valence-corrected chi connectivity index (χ1v) is 7.99. The maximum absolute atomic E-state index is 12.4. The summed E-state index contributed by atoms with van der Waals surface area (Å²) in [5.41, 5.74) is 4.22. The predicted molar refractivity (Wildman–Crippen MR) is 93.6 cm³/mol. The molecule has 0 aliphatic heterocycles. The number of anilines is 1. The van der Waals surface area contributed by atoms with E-state index < -0.39 is 0 Å². The molecule has 3 heteroatoms. The van der Waals surface area contributed by atoms with Gasteiger partial charge in [-0.25, -0.2) is 0 Å². The summed E-state index contributed by atoms with van der Waals surface area (Å²) in [4.78, 5) is 14.2. The average molecular weight is 307 g/mol. The van der Waals surface area contributed by atoms with Gasteiger partial charge in [-0.1, -0.05) is 42.5 Å². The van der Waals surface area contributed by atoms with Gasteiger partial charge in [0.1, 0.15) is 0 Å². The molecule has 0 atom stereocenters. The van der Waals surface area contributed by atoms with E-state index in [0.29, 0.717) is 0 Å². The SMILES string of the molecule is Cc1ccc(C)c(NC(=O)c2ccc(-c3ccccc3)s2)c1. The summed E-state index contributed by atoms with van der Waals surface area (Å²) in [6.07, 6.45) is 0. The van der Waals surface area contributed by atoms with Gasteiger partial charge in [-0.3, -0.25) is 4.79 Å². The van der Waals surface area contributed by atoms with Crippen LogP contribution in [0.3, 0.4) is 0 Å². The van der Waals surface area contributed by atoms with Crippen molar-refractivity contribution >= 4 is 22.9 Å². The normalized spacial score (nSPS) is 10.5. The highest BCUT2D eigenvalue weighted by molar-refractivity contribution is 7.17. The van der Waals surface area contributed by atoms with Crippen molar-refractivity contribution in [1.82, 2.24) is 0 Å². The van der Waals surface area contributed by atoms with Crippen LogP contribution in [-0.4, -0.2) is 5.91 Å².